The van der Waals surface area contributed by atoms with Crippen LogP contribution in [0.1, 0.15) is 25.7 Å². The van der Waals surface area contributed by atoms with Gasteiger partial charge in [-0.1, -0.05) is 12.8 Å². The second-order valence-electron chi connectivity index (χ2n) is 3.32. The van der Waals surface area contributed by atoms with E-state index in [4.69, 9.17) is 11.6 Å². The molecule has 0 unspecified atom stereocenters. The fourth-order valence-electron chi connectivity index (χ4n) is 1.84. The molecular formula is C9H13ClO3. The van der Waals surface area contributed by atoms with E-state index < -0.39 is 5.24 Å². The Hall–Kier alpha value is -0.570. The summed E-state index contributed by atoms with van der Waals surface area (Å²) in [7, 11) is 1.34. The Bertz CT molecular complexity index is 215. The van der Waals surface area contributed by atoms with Gasteiger partial charge in [-0.2, -0.15) is 0 Å². The molecule has 0 spiro atoms. The summed E-state index contributed by atoms with van der Waals surface area (Å²) in [5.74, 6) is -0.953. The van der Waals surface area contributed by atoms with Gasteiger partial charge in [0.05, 0.1) is 13.0 Å². The van der Waals surface area contributed by atoms with Crippen molar-refractivity contribution in [3.63, 3.8) is 0 Å². The molecule has 2 atom stereocenters. The third kappa shape index (κ3) is 2.44. The van der Waals surface area contributed by atoms with E-state index in [2.05, 4.69) is 4.74 Å². The average Bonchev–Trinajstić information content (AvgIpc) is 2.16. The monoisotopic (exact) mass is 204 g/mol. The molecule has 0 bridgehead atoms. The summed E-state index contributed by atoms with van der Waals surface area (Å²) in [6, 6.07) is 0. The van der Waals surface area contributed by atoms with E-state index in [1.54, 1.807) is 0 Å². The molecule has 0 saturated heterocycles. The van der Waals surface area contributed by atoms with Gasteiger partial charge < -0.3 is 4.74 Å². The summed E-state index contributed by atoms with van der Waals surface area (Å²) in [6.45, 7) is 0. The Labute approximate surface area is 82.4 Å². The molecule has 0 aliphatic heterocycles. The van der Waals surface area contributed by atoms with Crippen LogP contribution in [0.5, 0.6) is 0 Å². The van der Waals surface area contributed by atoms with Crippen LogP contribution in [0.3, 0.4) is 0 Å². The molecule has 0 radical (unpaired) electrons. The second kappa shape index (κ2) is 4.61. The van der Waals surface area contributed by atoms with Crippen molar-refractivity contribution in [3.05, 3.63) is 0 Å². The minimum absolute atomic E-state index is 0.307. The standard InChI is InChI=1S/C9H13ClO3/c1-13-9(12)7-5-3-2-4-6(7)8(10)11/h6-7H,2-5H2,1H3/t6-,7+/m0/s1. The number of esters is 1. The molecule has 1 aliphatic carbocycles. The summed E-state index contributed by atoms with van der Waals surface area (Å²) >= 11 is 5.41. The topological polar surface area (TPSA) is 43.4 Å². The van der Waals surface area contributed by atoms with Gasteiger partial charge in [0, 0.05) is 5.92 Å². The second-order valence-corrected chi connectivity index (χ2v) is 3.70. The average molecular weight is 205 g/mol. The van der Waals surface area contributed by atoms with Crippen molar-refractivity contribution < 1.29 is 14.3 Å². The molecule has 1 saturated carbocycles. The Morgan fingerprint density at radius 2 is 1.77 bits per heavy atom. The highest BCUT2D eigenvalue weighted by Gasteiger charge is 2.35. The molecule has 0 aromatic heterocycles. The van der Waals surface area contributed by atoms with Crippen molar-refractivity contribution in [2.45, 2.75) is 25.7 Å². The zero-order chi connectivity index (χ0) is 9.84. The first kappa shape index (κ1) is 10.5. The van der Waals surface area contributed by atoms with Crippen LogP contribution in [-0.2, 0) is 14.3 Å². The van der Waals surface area contributed by atoms with E-state index >= 15 is 0 Å². The maximum Gasteiger partial charge on any atom is 0.309 e. The molecule has 1 fully saturated rings. The van der Waals surface area contributed by atoms with E-state index in [0.717, 1.165) is 19.3 Å². The number of halogens is 1. The van der Waals surface area contributed by atoms with Gasteiger partial charge in [-0.3, -0.25) is 9.59 Å². The van der Waals surface area contributed by atoms with Crippen LogP contribution in [-0.4, -0.2) is 18.3 Å². The van der Waals surface area contributed by atoms with E-state index in [9.17, 15) is 9.59 Å². The van der Waals surface area contributed by atoms with E-state index in [-0.39, 0.29) is 17.8 Å². The third-order valence-corrected chi connectivity index (χ3v) is 2.84. The Morgan fingerprint density at radius 1 is 1.23 bits per heavy atom. The zero-order valence-electron chi connectivity index (χ0n) is 7.59. The van der Waals surface area contributed by atoms with Crippen LogP contribution in [0.25, 0.3) is 0 Å². The number of hydrogen-bond acceptors (Lipinski definition) is 3. The lowest BCUT2D eigenvalue weighted by atomic mass is 9.80. The molecular weight excluding hydrogens is 192 g/mol. The van der Waals surface area contributed by atoms with Gasteiger partial charge in [0.25, 0.3) is 0 Å². The van der Waals surface area contributed by atoms with Gasteiger partial charge in [-0.15, -0.1) is 0 Å². The smallest absolute Gasteiger partial charge is 0.309 e. The van der Waals surface area contributed by atoms with Gasteiger partial charge in [-0.25, -0.2) is 0 Å². The molecule has 13 heavy (non-hydrogen) atoms. The predicted molar refractivity (Wildman–Crippen MR) is 48.3 cm³/mol. The van der Waals surface area contributed by atoms with Crippen LogP contribution in [0, 0.1) is 11.8 Å². The van der Waals surface area contributed by atoms with Gasteiger partial charge >= 0.3 is 5.97 Å². The van der Waals surface area contributed by atoms with E-state index in [1.165, 1.54) is 7.11 Å². The van der Waals surface area contributed by atoms with E-state index in [0.29, 0.717) is 6.42 Å². The maximum absolute atomic E-state index is 11.2. The lowest BCUT2D eigenvalue weighted by molar-refractivity contribution is -0.150. The first-order valence-electron chi connectivity index (χ1n) is 4.44. The third-order valence-electron chi connectivity index (χ3n) is 2.56. The minimum Gasteiger partial charge on any atom is -0.469 e. The summed E-state index contributed by atoms with van der Waals surface area (Å²) in [4.78, 5) is 22.2. The molecule has 0 aromatic rings. The van der Waals surface area contributed by atoms with Crippen LogP contribution in [0.2, 0.25) is 0 Å². The molecule has 4 heteroatoms. The maximum atomic E-state index is 11.2. The summed E-state index contributed by atoms with van der Waals surface area (Å²) in [5, 5.41) is -0.407. The summed E-state index contributed by atoms with van der Waals surface area (Å²) in [6.07, 6.45) is 3.37. The van der Waals surface area contributed by atoms with Gasteiger partial charge in [0.1, 0.15) is 0 Å². The highest BCUT2D eigenvalue weighted by molar-refractivity contribution is 6.64. The first-order valence-corrected chi connectivity index (χ1v) is 4.81. The normalized spacial score (nSPS) is 28.2. The largest absolute Gasteiger partial charge is 0.469 e. The quantitative estimate of drug-likeness (QED) is 0.508. The van der Waals surface area contributed by atoms with Gasteiger partial charge in [0.2, 0.25) is 5.24 Å². The molecule has 3 nitrogen and oxygen atoms in total. The summed E-state index contributed by atoms with van der Waals surface area (Å²) < 4.78 is 4.62. The molecule has 0 heterocycles. The van der Waals surface area contributed by atoms with Crippen LogP contribution < -0.4 is 0 Å². The fourth-order valence-corrected chi connectivity index (χ4v) is 2.10. The number of methoxy groups -OCH3 is 1. The lowest BCUT2D eigenvalue weighted by Gasteiger charge is -2.26. The van der Waals surface area contributed by atoms with Crippen molar-refractivity contribution in [2.24, 2.45) is 11.8 Å². The predicted octanol–water partition coefficient (Wildman–Crippen LogP) is 1.73. The fraction of sp³-hybridized carbons (Fsp3) is 0.778. The van der Waals surface area contributed by atoms with Crippen LogP contribution in [0.4, 0.5) is 0 Å². The van der Waals surface area contributed by atoms with Crippen molar-refractivity contribution in [1.82, 2.24) is 0 Å². The zero-order valence-corrected chi connectivity index (χ0v) is 8.34. The highest BCUT2D eigenvalue weighted by Crippen LogP contribution is 2.32. The van der Waals surface area contributed by atoms with Crippen LogP contribution in [0.15, 0.2) is 0 Å². The molecule has 0 aromatic carbocycles. The molecule has 0 amide bonds. The van der Waals surface area contributed by atoms with E-state index in [1.807, 2.05) is 0 Å². The number of rotatable bonds is 2. The van der Waals surface area contributed by atoms with Crippen molar-refractivity contribution in [3.8, 4) is 0 Å². The van der Waals surface area contributed by atoms with Gasteiger partial charge in [-0.05, 0) is 24.4 Å². The molecule has 0 N–H and O–H groups in total. The Balaban J connectivity index is 2.67. The van der Waals surface area contributed by atoms with Crippen molar-refractivity contribution >= 4 is 22.8 Å². The Morgan fingerprint density at radius 3 is 2.23 bits per heavy atom. The Kier molecular flexibility index (Phi) is 3.72. The lowest BCUT2D eigenvalue weighted by Crippen LogP contribution is -2.31. The number of carbonyl (C=O) groups excluding carboxylic acids is 2. The molecule has 1 aliphatic rings. The highest BCUT2D eigenvalue weighted by atomic mass is 35.5. The van der Waals surface area contributed by atoms with Crippen molar-refractivity contribution in [1.29, 1.82) is 0 Å². The number of ether oxygens (including phenoxy) is 1. The first-order chi connectivity index (χ1) is 6.16. The SMILES string of the molecule is COC(=O)[C@@H]1CCCC[C@@H]1C(=O)Cl. The molecule has 74 valence electrons. The number of carbonyl (C=O) groups is 2. The van der Waals surface area contributed by atoms with Crippen LogP contribution >= 0.6 is 11.6 Å². The molecule has 1 rings (SSSR count). The minimum atomic E-state index is -0.407. The summed E-state index contributed by atoms with van der Waals surface area (Å²) in [5.41, 5.74) is 0. The van der Waals surface area contributed by atoms with Gasteiger partial charge in [0.15, 0.2) is 0 Å². The number of hydrogen-bond donors (Lipinski definition) is 0. The van der Waals surface area contributed by atoms with Crippen molar-refractivity contribution in [2.75, 3.05) is 7.11 Å².